The number of allylic oxidation sites excluding steroid dienone is 3. The zero-order valence-electron chi connectivity index (χ0n) is 26.9. The first-order valence-electron chi connectivity index (χ1n) is 14.8. The standard InChI is InChI=1S/C31H37B3FN3O9/c1-26(2)15-37(16-27(3,4)47-26)13-19-9-6-8-18(12-21(19)35)14-46-22-11-7-10-20-23(22)30(43,44)38(24(20)40)29(33,25(41)36-5)31(34,45)28(32,42)17-39/h6-11,17,42-45H,12-16H2,1-5H3,(H,36,41). The van der Waals surface area contributed by atoms with Gasteiger partial charge in [0.25, 0.3) is 11.8 Å². The molecule has 4 rings (SSSR count). The number of rotatable bonds is 10. The minimum atomic E-state index is -3.69. The van der Waals surface area contributed by atoms with Crippen LogP contribution in [0.4, 0.5) is 4.39 Å². The van der Waals surface area contributed by atoms with Crippen molar-refractivity contribution in [2.75, 3.05) is 33.3 Å². The van der Waals surface area contributed by atoms with Crippen LogP contribution in [0.5, 0.6) is 5.75 Å². The van der Waals surface area contributed by atoms with E-state index in [-0.39, 0.29) is 29.5 Å². The Bertz CT molecular complexity index is 1540. The Morgan fingerprint density at radius 2 is 1.77 bits per heavy atom. The van der Waals surface area contributed by atoms with Gasteiger partial charge in [0.2, 0.25) is 5.91 Å². The highest BCUT2D eigenvalue weighted by atomic mass is 19.1. The van der Waals surface area contributed by atoms with E-state index in [2.05, 4.69) is 4.90 Å². The highest BCUT2D eigenvalue weighted by Gasteiger charge is 2.67. The van der Waals surface area contributed by atoms with Crippen molar-refractivity contribution in [3.05, 3.63) is 64.5 Å². The number of morpholine rings is 1. The van der Waals surface area contributed by atoms with Crippen LogP contribution in [0.15, 0.2) is 53.4 Å². The quantitative estimate of drug-likeness (QED) is 0.123. The molecule has 0 bridgehead atoms. The molecule has 12 nitrogen and oxygen atoms in total. The number of benzene rings is 1. The maximum Gasteiger partial charge on any atom is 0.282 e. The van der Waals surface area contributed by atoms with Gasteiger partial charge in [0.05, 0.1) is 33.3 Å². The van der Waals surface area contributed by atoms with Gasteiger partial charge in [-0.2, -0.15) is 0 Å². The maximum absolute atomic E-state index is 15.5. The van der Waals surface area contributed by atoms with Crippen LogP contribution in [0.25, 0.3) is 0 Å². The number of amides is 2. The minimum Gasteiger partial charge on any atom is -0.489 e. The number of hydrogen-bond donors (Lipinski definition) is 5. The lowest BCUT2D eigenvalue weighted by molar-refractivity contribution is -0.277. The van der Waals surface area contributed by atoms with Crippen molar-refractivity contribution in [3.8, 4) is 5.75 Å². The first-order valence-corrected chi connectivity index (χ1v) is 14.8. The van der Waals surface area contributed by atoms with E-state index in [1.807, 2.05) is 33.0 Å². The van der Waals surface area contributed by atoms with Gasteiger partial charge in [0.1, 0.15) is 53.4 Å². The fraction of sp³-hybridized carbons (Fsp3) is 0.516. The molecule has 1 saturated heterocycles. The van der Waals surface area contributed by atoms with Gasteiger partial charge in [-0.3, -0.25) is 19.4 Å². The van der Waals surface area contributed by atoms with Crippen molar-refractivity contribution < 1.29 is 48.7 Å². The molecule has 3 aliphatic rings. The predicted octanol–water partition coefficient (Wildman–Crippen LogP) is -0.861. The second-order valence-electron chi connectivity index (χ2n) is 13.4. The van der Waals surface area contributed by atoms with E-state index in [4.69, 9.17) is 33.0 Å². The van der Waals surface area contributed by atoms with Crippen LogP contribution in [0, 0.1) is 0 Å². The zero-order valence-corrected chi connectivity index (χ0v) is 26.9. The van der Waals surface area contributed by atoms with Gasteiger partial charge in [-0.1, -0.05) is 24.3 Å². The van der Waals surface area contributed by atoms with Crippen molar-refractivity contribution in [1.82, 2.24) is 15.1 Å². The van der Waals surface area contributed by atoms with Crippen molar-refractivity contribution >= 4 is 41.6 Å². The Morgan fingerprint density at radius 1 is 1.15 bits per heavy atom. The van der Waals surface area contributed by atoms with Gasteiger partial charge in [0.15, 0.2) is 0 Å². The molecule has 1 aliphatic carbocycles. The Kier molecular flexibility index (Phi) is 9.58. The van der Waals surface area contributed by atoms with Gasteiger partial charge in [-0.25, -0.2) is 4.39 Å². The summed E-state index contributed by atoms with van der Waals surface area (Å²) in [7, 11) is 18.3. The van der Waals surface area contributed by atoms with Crippen LogP contribution >= 0.6 is 0 Å². The Balaban J connectivity index is 1.60. The largest absolute Gasteiger partial charge is 0.489 e. The van der Waals surface area contributed by atoms with Crippen molar-refractivity contribution in [1.29, 1.82) is 0 Å². The van der Waals surface area contributed by atoms with Crippen LogP contribution in [-0.4, -0.2) is 133 Å². The first kappa shape index (κ1) is 36.6. The summed E-state index contributed by atoms with van der Waals surface area (Å²) >= 11 is 0. The number of halogens is 1. The summed E-state index contributed by atoms with van der Waals surface area (Å²) in [5.74, 6) is -7.07. The average Bonchev–Trinajstić information content (AvgIpc) is 3.04. The predicted molar refractivity (Wildman–Crippen MR) is 170 cm³/mol. The number of fused-ring (bicyclic) bond motifs is 1. The Hall–Kier alpha value is -3.27. The summed E-state index contributed by atoms with van der Waals surface area (Å²) in [6.07, 6.45) is 4.44. The molecule has 3 atom stereocenters. The van der Waals surface area contributed by atoms with E-state index >= 15 is 4.39 Å². The lowest BCUT2D eigenvalue weighted by Crippen LogP contribution is -2.81. The van der Waals surface area contributed by atoms with Gasteiger partial charge in [-0.05, 0) is 51.0 Å². The summed E-state index contributed by atoms with van der Waals surface area (Å²) < 4.78 is 27.5. The summed E-state index contributed by atoms with van der Waals surface area (Å²) in [4.78, 5) is 40.2. The summed E-state index contributed by atoms with van der Waals surface area (Å²) in [6.45, 7) is 9.24. The molecular weight excluding hydrogens is 610 g/mol. The van der Waals surface area contributed by atoms with E-state index in [1.54, 1.807) is 18.2 Å². The average molecular weight is 647 g/mol. The summed E-state index contributed by atoms with van der Waals surface area (Å²) in [5, 5.41) is 46.1. The molecule has 0 aromatic heterocycles. The van der Waals surface area contributed by atoms with Crippen LogP contribution in [-0.2, 0) is 20.2 Å². The van der Waals surface area contributed by atoms with Crippen LogP contribution in [0.1, 0.15) is 50.0 Å². The van der Waals surface area contributed by atoms with Crippen molar-refractivity contribution in [2.24, 2.45) is 0 Å². The van der Waals surface area contributed by atoms with Crippen LogP contribution in [0.3, 0.4) is 0 Å². The number of aldehydes is 1. The third-order valence-electron chi connectivity index (χ3n) is 8.33. The van der Waals surface area contributed by atoms with E-state index in [1.165, 1.54) is 12.1 Å². The monoisotopic (exact) mass is 647 g/mol. The Morgan fingerprint density at radius 3 is 2.34 bits per heavy atom. The SMILES string of the molecule is [B]C(O)(C=O)C([B])(O)C([B])(C(=O)NC)N1C(=O)c2cccc(OCC3=CC=CC(CN4CC(C)(C)OC(C)(C)C4)=C(F)C3)c2C1(O)O. The fourth-order valence-electron chi connectivity index (χ4n) is 6.46. The molecule has 6 radical (unpaired) electrons. The highest BCUT2D eigenvalue weighted by molar-refractivity contribution is 6.42. The second-order valence-corrected chi connectivity index (χ2v) is 13.4. The summed E-state index contributed by atoms with van der Waals surface area (Å²) in [5.41, 5.74) is -11.6. The van der Waals surface area contributed by atoms with Crippen molar-refractivity contribution in [2.45, 2.75) is 67.7 Å². The highest BCUT2D eigenvalue weighted by Crippen LogP contribution is 2.47. The molecule has 47 heavy (non-hydrogen) atoms. The van der Waals surface area contributed by atoms with Crippen LogP contribution < -0.4 is 10.1 Å². The van der Waals surface area contributed by atoms with Gasteiger partial charge >= 0.3 is 0 Å². The number of ether oxygens (including phenoxy) is 2. The molecule has 1 aromatic rings. The molecule has 0 spiro atoms. The number of carbonyl (C=O) groups is 3. The molecule has 2 aliphatic heterocycles. The zero-order chi connectivity index (χ0) is 35.4. The van der Waals surface area contributed by atoms with Gasteiger partial charge in [0, 0.05) is 33.1 Å². The molecule has 16 heteroatoms. The number of likely N-dealkylation sites (N-methyl/N-ethyl adjacent to an activating group) is 1. The third kappa shape index (κ3) is 6.46. The Labute approximate surface area is 276 Å². The second kappa shape index (κ2) is 12.3. The van der Waals surface area contributed by atoms with Gasteiger partial charge < -0.3 is 40.0 Å². The molecule has 2 heterocycles. The number of nitrogens with zero attached hydrogens (tertiary/aromatic N) is 2. The lowest BCUT2D eigenvalue weighted by atomic mass is 9.45. The smallest absolute Gasteiger partial charge is 0.282 e. The lowest BCUT2D eigenvalue weighted by Gasteiger charge is -2.54. The maximum atomic E-state index is 15.5. The molecule has 3 unspecified atom stereocenters. The number of carbonyl (C=O) groups excluding carboxylic acids is 3. The molecule has 2 amide bonds. The van der Waals surface area contributed by atoms with Crippen LogP contribution in [0.2, 0.25) is 0 Å². The third-order valence-corrected chi connectivity index (χ3v) is 8.33. The van der Waals surface area contributed by atoms with E-state index in [0.29, 0.717) is 30.8 Å². The number of aliphatic hydroxyl groups is 4. The molecule has 1 aromatic carbocycles. The molecule has 1 fully saturated rings. The molecule has 0 saturated carbocycles. The topological polar surface area (TPSA) is 169 Å². The fourth-order valence-corrected chi connectivity index (χ4v) is 6.46. The number of hydrogen-bond acceptors (Lipinski definition) is 10. The summed E-state index contributed by atoms with van der Waals surface area (Å²) in [6, 6.07) is 3.76. The van der Waals surface area contributed by atoms with E-state index < -0.39 is 62.8 Å². The van der Waals surface area contributed by atoms with Gasteiger partial charge in [-0.15, -0.1) is 0 Å². The van der Waals surface area contributed by atoms with E-state index in [0.717, 1.165) is 13.1 Å². The molecule has 246 valence electrons. The van der Waals surface area contributed by atoms with Crippen molar-refractivity contribution in [3.63, 3.8) is 0 Å². The molecular formula is C31H37B3FN3O9. The minimum absolute atomic E-state index is 0.117. The molecule has 5 N–H and O–H groups in total. The first-order chi connectivity index (χ1) is 21.5. The van der Waals surface area contributed by atoms with E-state index in [9.17, 15) is 34.8 Å². The normalized spacial score (nSPS) is 24.3. The number of nitrogens with one attached hydrogen (secondary N) is 1.